The summed E-state index contributed by atoms with van der Waals surface area (Å²) in [6.07, 6.45) is 5.23. The lowest BCUT2D eigenvalue weighted by Crippen LogP contribution is -2.46. The molecule has 1 aromatic heterocycles. The number of hydrogen-bond acceptors (Lipinski definition) is 7. The van der Waals surface area contributed by atoms with Gasteiger partial charge >= 0.3 is 0 Å². The number of amides is 1. The van der Waals surface area contributed by atoms with Crippen LogP contribution in [0, 0.1) is 23.5 Å². The van der Waals surface area contributed by atoms with Crippen molar-refractivity contribution in [2.75, 3.05) is 37.8 Å². The van der Waals surface area contributed by atoms with Gasteiger partial charge in [0.1, 0.15) is 17.2 Å². The topological polar surface area (TPSA) is 96.8 Å². The van der Waals surface area contributed by atoms with Crippen LogP contribution in [-0.2, 0) is 9.47 Å². The molecule has 0 unspecified atom stereocenters. The molecule has 0 aliphatic carbocycles. The molecule has 0 bridgehead atoms. The Hall–Kier alpha value is -2.40. The number of halogens is 3. The summed E-state index contributed by atoms with van der Waals surface area (Å²) in [5.74, 6) is -1.58. The van der Waals surface area contributed by atoms with Crippen LogP contribution in [0.5, 0.6) is 0 Å². The summed E-state index contributed by atoms with van der Waals surface area (Å²) in [6.45, 7) is 5.28. The van der Waals surface area contributed by atoms with E-state index in [1.54, 1.807) is 26.2 Å². The molecule has 36 heavy (non-hydrogen) atoms. The number of nitrogens with one attached hydrogen (secondary N) is 1. The highest BCUT2D eigenvalue weighted by molar-refractivity contribution is 6.30. The van der Waals surface area contributed by atoms with Crippen molar-refractivity contribution in [3.05, 3.63) is 52.3 Å². The maximum absolute atomic E-state index is 14.7. The molecule has 2 N–H and O–H groups in total. The summed E-state index contributed by atoms with van der Waals surface area (Å²) in [5.41, 5.74) is -1.54. The number of benzene rings is 1. The Kier molecular flexibility index (Phi) is 8.39. The Balaban J connectivity index is 1.28. The van der Waals surface area contributed by atoms with E-state index in [-0.39, 0.29) is 18.1 Å². The molecule has 3 heterocycles. The number of hydrogen-bond donors (Lipinski definition) is 2. The lowest BCUT2D eigenvalue weighted by Gasteiger charge is -2.35. The number of aliphatic hydroxyl groups excluding tert-OH is 1. The molecule has 2 saturated heterocycles. The lowest BCUT2D eigenvalue weighted by atomic mass is 9.87. The number of aliphatic hydroxyl groups is 1. The van der Waals surface area contributed by atoms with E-state index in [1.165, 1.54) is 0 Å². The van der Waals surface area contributed by atoms with Crippen molar-refractivity contribution in [2.24, 2.45) is 11.8 Å². The van der Waals surface area contributed by atoms with Crippen LogP contribution >= 0.6 is 11.6 Å². The van der Waals surface area contributed by atoms with E-state index in [2.05, 4.69) is 20.2 Å². The summed E-state index contributed by atoms with van der Waals surface area (Å²) in [5, 5.41) is 12.2. The minimum Gasteiger partial charge on any atom is -0.394 e. The Morgan fingerprint density at radius 1 is 1.14 bits per heavy atom. The molecule has 0 radical (unpaired) electrons. The fraction of sp³-hybridized carbons (Fsp3) is 0.560. The third kappa shape index (κ3) is 6.47. The number of carbonyl (C=O) groups excluding carboxylic acids is 1. The van der Waals surface area contributed by atoms with E-state index in [4.69, 9.17) is 21.1 Å². The highest BCUT2D eigenvalue weighted by atomic mass is 35.5. The Labute approximate surface area is 214 Å². The molecule has 0 spiro atoms. The number of anilines is 1. The molecule has 4 rings (SSSR count). The average molecular weight is 525 g/mol. The zero-order valence-corrected chi connectivity index (χ0v) is 21.1. The maximum atomic E-state index is 14.7. The molecule has 196 valence electrons. The van der Waals surface area contributed by atoms with E-state index in [1.807, 2.05) is 0 Å². The summed E-state index contributed by atoms with van der Waals surface area (Å²) in [6, 6.07) is 2.12. The van der Waals surface area contributed by atoms with Crippen LogP contribution in [0.25, 0.3) is 0 Å². The highest BCUT2D eigenvalue weighted by Crippen LogP contribution is 2.32. The predicted molar refractivity (Wildman–Crippen MR) is 130 cm³/mol. The molecular formula is C25H31ClF2N4O4. The van der Waals surface area contributed by atoms with Gasteiger partial charge in [-0.05, 0) is 51.2 Å². The van der Waals surface area contributed by atoms with E-state index in [9.17, 15) is 18.7 Å². The van der Waals surface area contributed by atoms with Gasteiger partial charge in [0.15, 0.2) is 6.29 Å². The standard InChI is InChI=1S/C25H31ClF2N4O4/c1-25(2,14-33)31-22(34)21-19(27)8-17(9-20(21)28)23-35-12-16(13-36-23)7-15-3-5-32(6-4-15)24-29-10-18(26)11-30-24/h8-11,15-16,23,33H,3-7,12-14H2,1-2H3,(H,31,34)/t16-,23+. The van der Waals surface area contributed by atoms with Crippen LogP contribution in [0.3, 0.4) is 0 Å². The van der Waals surface area contributed by atoms with Crippen LogP contribution in [0.15, 0.2) is 24.5 Å². The Morgan fingerprint density at radius 2 is 1.72 bits per heavy atom. The first-order chi connectivity index (χ1) is 17.1. The number of nitrogens with zero attached hydrogens (tertiary/aromatic N) is 3. The van der Waals surface area contributed by atoms with Crippen molar-refractivity contribution in [3.63, 3.8) is 0 Å². The highest BCUT2D eigenvalue weighted by Gasteiger charge is 2.31. The quantitative estimate of drug-likeness (QED) is 0.567. The first-order valence-electron chi connectivity index (χ1n) is 12.0. The minimum absolute atomic E-state index is 0.178. The van der Waals surface area contributed by atoms with Crippen LogP contribution in [0.2, 0.25) is 5.02 Å². The molecule has 2 aliphatic heterocycles. The van der Waals surface area contributed by atoms with E-state index in [0.717, 1.165) is 44.5 Å². The minimum atomic E-state index is -1.01. The first kappa shape index (κ1) is 26.7. The normalized spacial score (nSPS) is 21.4. The molecule has 11 heteroatoms. The SMILES string of the molecule is CC(C)(CO)NC(=O)c1c(F)cc([C@H]2OC[C@@H](CC3CCN(c4ncc(Cl)cn4)CC3)CO2)cc1F. The Bertz CT molecular complexity index is 1030. The monoisotopic (exact) mass is 524 g/mol. The number of carbonyl (C=O) groups is 1. The Morgan fingerprint density at radius 3 is 2.28 bits per heavy atom. The predicted octanol–water partition coefficient (Wildman–Crippen LogP) is 3.88. The molecule has 1 amide bonds. The number of ether oxygens (including phenoxy) is 2. The van der Waals surface area contributed by atoms with Crippen LogP contribution in [0.1, 0.15) is 55.3 Å². The summed E-state index contributed by atoms with van der Waals surface area (Å²) in [4.78, 5) is 23.0. The fourth-order valence-electron chi connectivity index (χ4n) is 4.54. The zero-order chi connectivity index (χ0) is 25.9. The van der Waals surface area contributed by atoms with E-state index >= 15 is 0 Å². The van der Waals surface area contributed by atoms with Gasteiger partial charge in [-0.2, -0.15) is 0 Å². The van der Waals surface area contributed by atoms with Crippen molar-refractivity contribution in [3.8, 4) is 0 Å². The van der Waals surface area contributed by atoms with Crippen LogP contribution in [-0.4, -0.2) is 59.4 Å². The summed E-state index contributed by atoms with van der Waals surface area (Å²) in [7, 11) is 0. The number of piperidine rings is 1. The smallest absolute Gasteiger partial charge is 0.257 e. The largest absolute Gasteiger partial charge is 0.394 e. The second-order valence-corrected chi connectivity index (χ2v) is 10.5. The van der Waals surface area contributed by atoms with Crippen molar-refractivity contribution in [1.29, 1.82) is 0 Å². The second kappa shape index (κ2) is 11.3. The van der Waals surface area contributed by atoms with Crippen LogP contribution < -0.4 is 10.2 Å². The van der Waals surface area contributed by atoms with Gasteiger partial charge in [-0.3, -0.25) is 4.79 Å². The third-order valence-electron chi connectivity index (χ3n) is 6.55. The maximum Gasteiger partial charge on any atom is 0.257 e. The van der Waals surface area contributed by atoms with Gasteiger partial charge in [-0.15, -0.1) is 0 Å². The molecule has 2 fully saturated rings. The van der Waals surface area contributed by atoms with Crippen molar-refractivity contribution in [1.82, 2.24) is 15.3 Å². The van der Waals surface area contributed by atoms with Gasteiger partial charge in [-0.25, -0.2) is 18.7 Å². The second-order valence-electron chi connectivity index (χ2n) is 10.1. The van der Waals surface area contributed by atoms with E-state index in [0.29, 0.717) is 30.1 Å². The van der Waals surface area contributed by atoms with Gasteiger partial charge in [-0.1, -0.05) is 11.6 Å². The molecule has 8 nitrogen and oxygen atoms in total. The lowest BCUT2D eigenvalue weighted by molar-refractivity contribution is -0.207. The van der Waals surface area contributed by atoms with Crippen molar-refractivity contribution in [2.45, 2.75) is 44.9 Å². The third-order valence-corrected chi connectivity index (χ3v) is 6.74. The average Bonchev–Trinajstić information content (AvgIpc) is 2.85. The van der Waals surface area contributed by atoms with Gasteiger partial charge in [0.25, 0.3) is 5.91 Å². The molecule has 2 aliphatic rings. The zero-order valence-electron chi connectivity index (χ0n) is 20.3. The van der Waals surface area contributed by atoms with Gasteiger partial charge in [0.05, 0.1) is 42.8 Å². The fourth-order valence-corrected chi connectivity index (χ4v) is 4.63. The molecular weight excluding hydrogens is 494 g/mol. The summed E-state index contributed by atoms with van der Waals surface area (Å²) >= 11 is 5.86. The molecule has 2 aromatic rings. The van der Waals surface area contributed by atoms with Gasteiger partial charge < -0.3 is 24.8 Å². The van der Waals surface area contributed by atoms with E-state index < -0.39 is 34.9 Å². The molecule has 0 saturated carbocycles. The molecule has 1 aromatic carbocycles. The van der Waals surface area contributed by atoms with Crippen LogP contribution in [0.4, 0.5) is 14.7 Å². The van der Waals surface area contributed by atoms with Gasteiger partial charge in [0.2, 0.25) is 5.95 Å². The number of rotatable bonds is 7. The van der Waals surface area contributed by atoms with Gasteiger partial charge in [0, 0.05) is 24.6 Å². The van der Waals surface area contributed by atoms with Crippen molar-refractivity contribution < 1.29 is 28.2 Å². The number of aromatic nitrogens is 2. The summed E-state index contributed by atoms with van der Waals surface area (Å²) < 4.78 is 40.9. The van der Waals surface area contributed by atoms with Crippen molar-refractivity contribution >= 4 is 23.5 Å². The first-order valence-corrected chi connectivity index (χ1v) is 12.4. The molecule has 0 atom stereocenters.